The molecule has 0 spiro atoms. The van der Waals surface area contributed by atoms with Crippen LogP contribution in [0, 0.1) is 6.92 Å². The second kappa shape index (κ2) is 4.87. The van der Waals surface area contributed by atoms with E-state index in [-0.39, 0.29) is 11.7 Å². The molecule has 1 atom stereocenters. The van der Waals surface area contributed by atoms with Crippen molar-refractivity contribution in [1.29, 1.82) is 0 Å². The van der Waals surface area contributed by atoms with Crippen LogP contribution in [0.1, 0.15) is 24.1 Å². The number of amides is 1. The first-order valence-corrected chi connectivity index (χ1v) is 5.53. The van der Waals surface area contributed by atoms with Crippen LogP contribution in [0.5, 0.6) is 0 Å². The summed E-state index contributed by atoms with van der Waals surface area (Å²) in [6, 6.07) is 7.52. The molecule has 1 amide bonds. The van der Waals surface area contributed by atoms with Gasteiger partial charge in [0, 0.05) is 5.69 Å². The molecule has 2 aromatic rings. The molecule has 6 nitrogen and oxygen atoms in total. The molecule has 0 aliphatic carbocycles. The maximum absolute atomic E-state index is 12.0. The van der Waals surface area contributed by atoms with Gasteiger partial charge in [-0.1, -0.05) is 22.9 Å². The monoisotopic (exact) mass is 246 g/mol. The number of carbonyl (C=O) groups excluding carboxylic acids is 1. The highest BCUT2D eigenvalue weighted by Gasteiger charge is 2.22. The number of hydrogen-bond acceptors (Lipinski definition) is 5. The number of hydrogen-bond donors (Lipinski definition) is 2. The predicted octanol–water partition coefficient (Wildman–Crippen LogP) is 1.70. The van der Waals surface area contributed by atoms with E-state index in [0.717, 1.165) is 11.3 Å². The molecule has 1 aromatic heterocycles. The second-order valence-corrected chi connectivity index (χ2v) is 4.11. The smallest absolute Gasteiger partial charge is 0.233 e. The fourth-order valence-electron chi connectivity index (χ4n) is 1.51. The lowest BCUT2D eigenvalue weighted by atomic mass is 10.1. The van der Waals surface area contributed by atoms with Gasteiger partial charge >= 0.3 is 0 Å². The van der Waals surface area contributed by atoms with Crippen molar-refractivity contribution in [2.75, 3.05) is 11.1 Å². The Morgan fingerprint density at radius 1 is 1.33 bits per heavy atom. The predicted molar refractivity (Wildman–Crippen MR) is 66.9 cm³/mol. The van der Waals surface area contributed by atoms with Crippen molar-refractivity contribution in [3.63, 3.8) is 0 Å². The van der Waals surface area contributed by atoms with Crippen molar-refractivity contribution >= 4 is 17.4 Å². The van der Waals surface area contributed by atoms with Crippen LogP contribution in [0.2, 0.25) is 0 Å². The van der Waals surface area contributed by atoms with Gasteiger partial charge < -0.3 is 11.1 Å². The lowest BCUT2D eigenvalue weighted by Crippen LogP contribution is -2.19. The Bertz CT molecular complexity index is 547. The van der Waals surface area contributed by atoms with Gasteiger partial charge in [-0.05, 0) is 31.1 Å². The minimum absolute atomic E-state index is 0.140. The van der Waals surface area contributed by atoms with Crippen LogP contribution in [-0.2, 0) is 4.79 Å². The Morgan fingerprint density at radius 3 is 2.56 bits per heavy atom. The summed E-state index contributed by atoms with van der Waals surface area (Å²) in [6.07, 6.45) is 0. The fourth-order valence-corrected chi connectivity index (χ4v) is 1.51. The molecule has 0 bridgehead atoms. The lowest BCUT2D eigenvalue weighted by molar-refractivity contribution is -0.117. The molecular formula is C12H14N4O2. The molecule has 94 valence electrons. The van der Waals surface area contributed by atoms with Crippen molar-refractivity contribution in [1.82, 2.24) is 10.3 Å². The normalized spacial score (nSPS) is 12.1. The number of aryl methyl sites for hydroxylation is 1. The summed E-state index contributed by atoms with van der Waals surface area (Å²) < 4.78 is 4.48. The van der Waals surface area contributed by atoms with Crippen molar-refractivity contribution in [2.45, 2.75) is 19.8 Å². The zero-order valence-corrected chi connectivity index (χ0v) is 10.2. The van der Waals surface area contributed by atoms with E-state index in [1.165, 1.54) is 0 Å². The standard InChI is InChI=1S/C12H14N4O2/c1-7-3-5-9(6-4-7)14-12(17)8(2)10-11(13)16-18-15-10/h3-6,8H,1-2H3,(H2,13,16)(H,14,17). The highest BCUT2D eigenvalue weighted by molar-refractivity contribution is 5.95. The van der Waals surface area contributed by atoms with Gasteiger partial charge in [0.1, 0.15) is 5.69 Å². The van der Waals surface area contributed by atoms with Crippen LogP contribution in [0.25, 0.3) is 0 Å². The van der Waals surface area contributed by atoms with E-state index in [2.05, 4.69) is 20.3 Å². The summed E-state index contributed by atoms with van der Waals surface area (Å²) in [5, 5.41) is 9.85. The number of nitrogen functional groups attached to an aromatic ring is 1. The highest BCUT2D eigenvalue weighted by atomic mass is 16.6. The van der Waals surface area contributed by atoms with Crippen LogP contribution in [-0.4, -0.2) is 16.2 Å². The van der Waals surface area contributed by atoms with Crippen LogP contribution in [0.15, 0.2) is 28.9 Å². The first-order valence-electron chi connectivity index (χ1n) is 5.53. The minimum atomic E-state index is -0.516. The van der Waals surface area contributed by atoms with Crippen molar-refractivity contribution in [3.8, 4) is 0 Å². The van der Waals surface area contributed by atoms with Gasteiger partial charge in [0.2, 0.25) is 5.91 Å². The molecule has 3 N–H and O–H groups in total. The Morgan fingerprint density at radius 2 is 2.00 bits per heavy atom. The summed E-state index contributed by atoms with van der Waals surface area (Å²) in [5.74, 6) is -0.583. The third-order valence-corrected chi connectivity index (χ3v) is 2.66. The van der Waals surface area contributed by atoms with E-state index in [1.807, 2.05) is 31.2 Å². The topological polar surface area (TPSA) is 94.0 Å². The minimum Gasteiger partial charge on any atom is -0.379 e. The second-order valence-electron chi connectivity index (χ2n) is 4.11. The molecule has 0 fully saturated rings. The van der Waals surface area contributed by atoms with Crippen molar-refractivity contribution in [3.05, 3.63) is 35.5 Å². The largest absolute Gasteiger partial charge is 0.379 e. The molecule has 18 heavy (non-hydrogen) atoms. The molecule has 0 saturated heterocycles. The molecule has 1 aromatic carbocycles. The number of nitrogens with one attached hydrogen (secondary N) is 1. The summed E-state index contributed by atoms with van der Waals surface area (Å²) in [6.45, 7) is 3.68. The molecule has 0 aliphatic heterocycles. The van der Waals surface area contributed by atoms with E-state index < -0.39 is 5.92 Å². The highest BCUT2D eigenvalue weighted by Crippen LogP contribution is 2.20. The van der Waals surface area contributed by atoms with Gasteiger partial charge in [-0.15, -0.1) is 0 Å². The molecule has 6 heteroatoms. The number of nitrogens with two attached hydrogens (primary N) is 1. The fraction of sp³-hybridized carbons (Fsp3) is 0.250. The number of anilines is 2. The van der Waals surface area contributed by atoms with E-state index in [1.54, 1.807) is 6.92 Å². The Labute approximate surface area is 104 Å². The summed E-state index contributed by atoms with van der Waals surface area (Å²) >= 11 is 0. The number of carbonyl (C=O) groups is 1. The van der Waals surface area contributed by atoms with Gasteiger partial charge in [0.25, 0.3) is 0 Å². The van der Waals surface area contributed by atoms with Gasteiger partial charge in [-0.3, -0.25) is 4.79 Å². The van der Waals surface area contributed by atoms with E-state index >= 15 is 0 Å². The SMILES string of the molecule is Cc1ccc(NC(=O)C(C)c2nonc2N)cc1. The lowest BCUT2D eigenvalue weighted by Gasteiger charge is -2.09. The Hall–Kier alpha value is -2.37. The molecule has 1 heterocycles. The summed E-state index contributed by atoms with van der Waals surface area (Å²) in [5.41, 5.74) is 7.75. The van der Waals surface area contributed by atoms with Crippen LogP contribution in [0.4, 0.5) is 11.5 Å². The van der Waals surface area contributed by atoms with Crippen LogP contribution >= 0.6 is 0 Å². The van der Waals surface area contributed by atoms with Gasteiger partial charge in [0.15, 0.2) is 5.82 Å². The number of rotatable bonds is 3. The van der Waals surface area contributed by atoms with Crippen LogP contribution in [0.3, 0.4) is 0 Å². The van der Waals surface area contributed by atoms with Gasteiger partial charge in [-0.25, -0.2) is 4.63 Å². The van der Waals surface area contributed by atoms with Crippen molar-refractivity contribution < 1.29 is 9.42 Å². The van der Waals surface area contributed by atoms with Crippen LogP contribution < -0.4 is 11.1 Å². The molecule has 2 rings (SSSR count). The van der Waals surface area contributed by atoms with E-state index in [9.17, 15) is 4.79 Å². The first kappa shape index (κ1) is 12.1. The van der Waals surface area contributed by atoms with Crippen molar-refractivity contribution in [2.24, 2.45) is 0 Å². The molecule has 1 unspecified atom stereocenters. The average Bonchev–Trinajstić information content (AvgIpc) is 2.77. The average molecular weight is 246 g/mol. The van der Waals surface area contributed by atoms with Gasteiger partial charge in [0.05, 0.1) is 5.92 Å². The Balaban J connectivity index is 2.08. The number of nitrogens with zero attached hydrogens (tertiary/aromatic N) is 2. The maximum atomic E-state index is 12.0. The summed E-state index contributed by atoms with van der Waals surface area (Å²) in [4.78, 5) is 12.0. The number of aromatic nitrogens is 2. The van der Waals surface area contributed by atoms with Gasteiger partial charge in [-0.2, -0.15) is 0 Å². The third kappa shape index (κ3) is 2.48. The zero-order chi connectivity index (χ0) is 13.1. The molecule has 0 saturated carbocycles. The zero-order valence-electron chi connectivity index (χ0n) is 10.2. The third-order valence-electron chi connectivity index (χ3n) is 2.66. The number of benzene rings is 1. The summed E-state index contributed by atoms with van der Waals surface area (Å²) in [7, 11) is 0. The molecule has 0 aliphatic rings. The maximum Gasteiger partial charge on any atom is 0.233 e. The Kier molecular flexibility index (Phi) is 3.27. The van der Waals surface area contributed by atoms with E-state index in [0.29, 0.717) is 5.69 Å². The molecular weight excluding hydrogens is 232 g/mol. The quantitative estimate of drug-likeness (QED) is 0.859. The molecule has 0 radical (unpaired) electrons. The first-order chi connectivity index (χ1) is 8.58. The van der Waals surface area contributed by atoms with E-state index in [4.69, 9.17) is 5.73 Å².